The van der Waals surface area contributed by atoms with Gasteiger partial charge in [-0.25, -0.2) is 9.59 Å². The van der Waals surface area contributed by atoms with E-state index in [0.717, 1.165) is 29.7 Å². The summed E-state index contributed by atoms with van der Waals surface area (Å²) in [4.78, 5) is 23.4. The number of carboxylic acid groups (broad SMARTS) is 1. The molecule has 1 amide bonds. The van der Waals surface area contributed by atoms with E-state index < -0.39 is 18.1 Å². The molecule has 0 spiro atoms. The number of hydrogen-bond donors (Lipinski definition) is 4. The van der Waals surface area contributed by atoms with Crippen LogP contribution < -0.4 is 21.3 Å². The maximum absolute atomic E-state index is 12.0. The largest absolute Gasteiger partial charge is 0.493 e. The molecule has 2 aromatic carbocycles. The maximum atomic E-state index is 12.0. The molecule has 0 aliphatic carbocycles. The topological polar surface area (TPSA) is 148 Å². The van der Waals surface area contributed by atoms with Gasteiger partial charge in [-0.1, -0.05) is 42.5 Å². The minimum atomic E-state index is -1.16. The van der Waals surface area contributed by atoms with Crippen LogP contribution in [0.1, 0.15) is 30.9 Å². The SMILES string of the molecule is CC(CCc1cccc(OCC[C@H](NC(=O)OCc2ccccc2)C(=O)O)c1)=NNC=NN. The van der Waals surface area contributed by atoms with Crippen LogP contribution in [0.3, 0.4) is 0 Å². The Balaban J connectivity index is 1.78. The number of aryl methyl sites for hydroxylation is 1. The van der Waals surface area contributed by atoms with Crippen LogP contribution in [-0.2, 0) is 22.6 Å². The number of carbonyl (C=O) groups is 2. The van der Waals surface area contributed by atoms with Crippen LogP contribution in [0.25, 0.3) is 0 Å². The van der Waals surface area contributed by atoms with Gasteiger partial charge in [0.2, 0.25) is 0 Å². The zero-order chi connectivity index (χ0) is 23.9. The highest BCUT2D eigenvalue weighted by Crippen LogP contribution is 2.15. The fraction of sp³-hybridized carbons (Fsp3) is 0.304. The summed E-state index contributed by atoms with van der Waals surface area (Å²) in [7, 11) is 0. The number of carboxylic acids is 1. The van der Waals surface area contributed by atoms with Gasteiger partial charge in [0, 0.05) is 12.1 Å². The standard InChI is InChI=1S/C23H29N5O5/c1-17(28-26-16-25-24)10-11-18-8-5-9-20(14-18)32-13-12-21(22(29)30)27-23(31)33-15-19-6-3-2-4-7-19/h2-9,14,16,21H,10-13,15,24H2,1H3,(H,25,26)(H,27,31)(H,29,30)/t21-/m0/s1. The van der Waals surface area contributed by atoms with Crippen molar-refractivity contribution in [2.45, 2.75) is 38.8 Å². The van der Waals surface area contributed by atoms with E-state index in [2.05, 4.69) is 20.9 Å². The Bertz CT molecular complexity index is 949. The first-order valence-corrected chi connectivity index (χ1v) is 10.4. The third-order valence-corrected chi connectivity index (χ3v) is 4.54. The third-order valence-electron chi connectivity index (χ3n) is 4.54. The van der Waals surface area contributed by atoms with Crippen LogP contribution >= 0.6 is 0 Å². The molecule has 0 fully saturated rings. The van der Waals surface area contributed by atoms with Gasteiger partial charge in [0.1, 0.15) is 24.7 Å². The Morgan fingerprint density at radius 1 is 1.15 bits per heavy atom. The average molecular weight is 456 g/mol. The van der Waals surface area contributed by atoms with Crippen molar-refractivity contribution in [3.05, 3.63) is 65.7 Å². The lowest BCUT2D eigenvalue weighted by Crippen LogP contribution is -2.42. The smallest absolute Gasteiger partial charge is 0.408 e. The lowest BCUT2D eigenvalue weighted by molar-refractivity contribution is -0.139. The molecular weight excluding hydrogens is 426 g/mol. The number of rotatable bonds is 13. The first kappa shape index (κ1) is 25.2. The van der Waals surface area contributed by atoms with Crippen LogP contribution in [-0.4, -0.2) is 41.9 Å². The summed E-state index contributed by atoms with van der Waals surface area (Å²) in [6, 6.07) is 15.5. The number of hydrogen-bond acceptors (Lipinski definition) is 7. The molecule has 0 aromatic heterocycles. The van der Waals surface area contributed by atoms with Crippen molar-refractivity contribution < 1.29 is 24.2 Å². The number of nitrogens with zero attached hydrogens (tertiary/aromatic N) is 2. The van der Waals surface area contributed by atoms with Gasteiger partial charge in [-0.15, -0.1) is 0 Å². The fourth-order valence-corrected chi connectivity index (χ4v) is 2.80. The second-order valence-corrected chi connectivity index (χ2v) is 7.14. The lowest BCUT2D eigenvalue weighted by atomic mass is 10.1. The molecule has 0 radical (unpaired) electrons. The lowest BCUT2D eigenvalue weighted by Gasteiger charge is -2.15. The van der Waals surface area contributed by atoms with Crippen molar-refractivity contribution in [1.82, 2.24) is 10.7 Å². The molecule has 0 unspecified atom stereocenters. The Hall–Kier alpha value is -4.08. The second kappa shape index (κ2) is 14.1. The summed E-state index contributed by atoms with van der Waals surface area (Å²) in [5, 5.41) is 19.1. The molecule has 0 aliphatic rings. The molecule has 0 bridgehead atoms. The van der Waals surface area contributed by atoms with E-state index in [-0.39, 0.29) is 19.6 Å². The molecule has 176 valence electrons. The molecule has 0 heterocycles. The Morgan fingerprint density at radius 2 is 1.91 bits per heavy atom. The number of benzene rings is 2. The molecule has 0 aliphatic heterocycles. The molecule has 1 atom stereocenters. The maximum Gasteiger partial charge on any atom is 0.408 e. The van der Waals surface area contributed by atoms with E-state index in [1.165, 1.54) is 6.34 Å². The summed E-state index contributed by atoms with van der Waals surface area (Å²) in [5.74, 6) is 4.45. The number of nitrogens with two attached hydrogens (primary N) is 1. The van der Waals surface area contributed by atoms with Gasteiger partial charge in [-0.2, -0.15) is 10.2 Å². The predicted molar refractivity (Wildman–Crippen MR) is 125 cm³/mol. The minimum absolute atomic E-state index is 0.0587. The molecule has 2 aromatic rings. The molecule has 5 N–H and O–H groups in total. The third kappa shape index (κ3) is 10.2. The molecule has 10 heteroatoms. The first-order chi connectivity index (χ1) is 16.0. The number of alkyl carbamates (subject to hydrolysis) is 1. The Kier molecular flexibility index (Phi) is 10.7. The Labute approximate surface area is 192 Å². The minimum Gasteiger partial charge on any atom is -0.493 e. The van der Waals surface area contributed by atoms with E-state index in [9.17, 15) is 14.7 Å². The van der Waals surface area contributed by atoms with E-state index in [0.29, 0.717) is 5.75 Å². The fourth-order valence-electron chi connectivity index (χ4n) is 2.80. The summed E-state index contributed by atoms with van der Waals surface area (Å²) in [5.41, 5.74) is 5.36. The number of carbonyl (C=O) groups excluding carboxylic acids is 1. The Morgan fingerprint density at radius 3 is 2.64 bits per heavy atom. The van der Waals surface area contributed by atoms with E-state index in [4.69, 9.17) is 15.3 Å². The quantitative estimate of drug-likeness (QED) is 0.157. The zero-order valence-electron chi connectivity index (χ0n) is 18.4. The zero-order valence-corrected chi connectivity index (χ0v) is 18.4. The predicted octanol–water partition coefficient (Wildman–Crippen LogP) is 2.64. The molecule has 10 nitrogen and oxygen atoms in total. The number of amides is 1. The van der Waals surface area contributed by atoms with Crippen LogP contribution in [0.5, 0.6) is 5.75 Å². The number of nitrogens with one attached hydrogen (secondary N) is 2. The average Bonchev–Trinajstić information content (AvgIpc) is 2.82. The van der Waals surface area contributed by atoms with Crippen LogP contribution in [0.4, 0.5) is 4.79 Å². The summed E-state index contributed by atoms with van der Waals surface area (Å²) < 4.78 is 10.8. The van der Waals surface area contributed by atoms with Gasteiger partial charge in [-0.3, -0.25) is 5.43 Å². The van der Waals surface area contributed by atoms with Crippen molar-refractivity contribution in [3.8, 4) is 5.75 Å². The van der Waals surface area contributed by atoms with Gasteiger partial charge in [0.25, 0.3) is 0 Å². The molecule has 0 saturated heterocycles. The van der Waals surface area contributed by atoms with Crippen LogP contribution in [0.2, 0.25) is 0 Å². The molecule has 2 rings (SSSR count). The van der Waals surface area contributed by atoms with Crippen LogP contribution in [0.15, 0.2) is 64.8 Å². The van der Waals surface area contributed by atoms with Gasteiger partial charge < -0.3 is 25.7 Å². The van der Waals surface area contributed by atoms with Crippen molar-refractivity contribution in [2.75, 3.05) is 6.61 Å². The number of ether oxygens (including phenoxy) is 2. The summed E-state index contributed by atoms with van der Waals surface area (Å²) in [6.45, 7) is 2.06. The van der Waals surface area contributed by atoms with Gasteiger partial charge >= 0.3 is 12.1 Å². The van der Waals surface area contributed by atoms with Crippen molar-refractivity contribution in [3.63, 3.8) is 0 Å². The first-order valence-electron chi connectivity index (χ1n) is 10.4. The number of aliphatic carboxylic acids is 1. The highest BCUT2D eigenvalue weighted by molar-refractivity contribution is 5.82. The summed E-state index contributed by atoms with van der Waals surface area (Å²) in [6.07, 6.45) is 2.06. The normalized spacial score (nSPS) is 12.2. The van der Waals surface area contributed by atoms with Gasteiger partial charge in [0.15, 0.2) is 0 Å². The summed E-state index contributed by atoms with van der Waals surface area (Å²) >= 11 is 0. The molecule has 0 saturated carbocycles. The van der Waals surface area contributed by atoms with E-state index in [1.54, 1.807) is 6.07 Å². The number of hydrazone groups is 2. The molecular formula is C23H29N5O5. The van der Waals surface area contributed by atoms with Gasteiger partial charge in [0.05, 0.1) is 6.61 Å². The van der Waals surface area contributed by atoms with E-state index >= 15 is 0 Å². The monoisotopic (exact) mass is 455 g/mol. The van der Waals surface area contributed by atoms with Crippen molar-refractivity contribution in [2.24, 2.45) is 16.0 Å². The van der Waals surface area contributed by atoms with Crippen molar-refractivity contribution in [1.29, 1.82) is 0 Å². The second-order valence-electron chi connectivity index (χ2n) is 7.14. The highest BCUT2D eigenvalue weighted by atomic mass is 16.5. The van der Waals surface area contributed by atoms with Crippen molar-refractivity contribution >= 4 is 24.1 Å². The highest BCUT2D eigenvalue weighted by Gasteiger charge is 2.20. The van der Waals surface area contributed by atoms with Gasteiger partial charge in [-0.05, 0) is 43.0 Å². The van der Waals surface area contributed by atoms with Crippen LogP contribution in [0, 0.1) is 0 Å². The van der Waals surface area contributed by atoms with E-state index in [1.807, 2.05) is 55.5 Å². The molecule has 33 heavy (non-hydrogen) atoms.